The van der Waals surface area contributed by atoms with Gasteiger partial charge in [-0.25, -0.2) is 0 Å². The van der Waals surface area contributed by atoms with Crippen LogP contribution in [-0.4, -0.2) is 28.8 Å². The van der Waals surface area contributed by atoms with E-state index in [1.54, 1.807) is 0 Å². The fraction of sp³-hybridized carbons (Fsp3) is 0.556. The topological polar surface area (TPSA) is 75.4 Å². The van der Waals surface area contributed by atoms with Gasteiger partial charge in [-0.05, 0) is 12.8 Å². The summed E-state index contributed by atoms with van der Waals surface area (Å²) in [5.41, 5.74) is 0.265. The van der Waals surface area contributed by atoms with E-state index in [1.807, 2.05) is 6.92 Å². The number of rotatable bonds is 5. The highest BCUT2D eigenvalue weighted by atomic mass is 16.5. The average Bonchev–Trinajstić information content (AvgIpc) is 2.69. The molecule has 1 atom stereocenters. The maximum Gasteiger partial charge on any atom is 0.273 e. The number of nitrogens with one attached hydrogen (secondary N) is 1. The smallest absolute Gasteiger partial charge is 0.273 e. The van der Waals surface area contributed by atoms with Crippen molar-refractivity contribution < 1.29 is 14.4 Å². The van der Waals surface area contributed by atoms with Crippen molar-refractivity contribution in [2.24, 2.45) is 0 Å². The van der Waals surface area contributed by atoms with Crippen molar-refractivity contribution >= 4 is 5.91 Å². The minimum Gasteiger partial charge on any atom is -0.396 e. The third kappa shape index (κ3) is 2.85. The standard InChI is InChI=1S/C9H14N2O3/c1-2-7(3-5-12)10-9(13)8-4-6-14-11-8/h4,6-7,12H,2-3,5H2,1H3,(H,10,13). The predicted octanol–water partition coefficient (Wildman–Crippen LogP) is 0.565. The highest BCUT2D eigenvalue weighted by Crippen LogP contribution is 2.00. The van der Waals surface area contributed by atoms with Gasteiger partial charge in [0.05, 0.1) is 0 Å². The second-order valence-electron chi connectivity index (χ2n) is 2.98. The molecule has 1 heterocycles. The molecule has 0 radical (unpaired) electrons. The van der Waals surface area contributed by atoms with Crippen molar-refractivity contribution in [2.75, 3.05) is 6.61 Å². The Hall–Kier alpha value is -1.36. The van der Waals surface area contributed by atoms with Gasteiger partial charge in [-0.3, -0.25) is 4.79 Å². The van der Waals surface area contributed by atoms with Gasteiger partial charge in [0.15, 0.2) is 5.69 Å². The molecule has 0 aromatic carbocycles. The Morgan fingerprint density at radius 2 is 2.57 bits per heavy atom. The first-order valence-corrected chi connectivity index (χ1v) is 4.60. The molecule has 0 aliphatic heterocycles. The molecule has 1 aromatic rings. The van der Waals surface area contributed by atoms with Gasteiger partial charge in [0.1, 0.15) is 6.26 Å². The predicted molar refractivity (Wildman–Crippen MR) is 49.8 cm³/mol. The number of aromatic nitrogens is 1. The van der Waals surface area contributed by atoms with Crippen LogP contribution in [0, 0.1) is 0 Å². The first kappa shape index (κ1) is 10.7. The largest absolute Gasteiger partial charge is 0.396 e. The Morgan fingerprint density at radius 1 is 1.79 bits per heavy atom. The molecular weight excluding hydrogens is 184 g/mol. The Bertz CT molecular complexity index is 272. The summed E-state index contributed by atoms with van der Waals surface area (Å²) in [7, 11) is 0. The van der Waals surface area contributed by atoms with Gasteiger partial charge >= 0.3 is 0 Å². The number of nitrogens with zero attached hydrogens (tertiary/aromatic N) is 1. The van der Waals surface area contributed by atoms with E-state index in [0.29, 0.717) is 6.42 Å². The van der Waals surface area contributed by atoms with Crippen molar-refractivity contribution in [3.8, 4) is 0 Å². The van der Waals surface area contributed by atoms with Gasteiger partial charge in [0.25, 0.3) is 5.91 Å². The SMILES string of the molecule is CCC(CCO)NC(=O)c1ccon1. The highest BCUT2D eigenvalue weighted by molar-refractivity contribution is 5.92. The summed E-state index contributed by atoms with van der Waals surface area (Å²) >= 11 is 0. The third-order valence-corrected chi connectivity index (χ3v) is 1.98. The molecule has 1 rings (SSSR count). The van der Waals surface area contributed by atoms with Crippen LogP contribution in [0.1, 0.15) is 30.3 Å². The third-order valence-electron chi connectivity index (χ3n) is 1.98. The first-order chi connectivity index (χ1) is 6.77. The zero-order valence-corrected chi connectivity index (χ0v) is 8.06. The Labute approximate surface area is 82.1 Å². The average molecular weight is 198 g/mol. The second-order valence-corrected chi connectivity index (χ2v) is 2.98. The van der Waals surface area contributed by atoms with E-state index in [1.165, 1.54) is 12.3 Å². The number of amides is 1. The van der Waals surface area contributed by atoms with E-state index in [2.05, 4.69) is 15.0 Å². The number of aliphatic hydroxyl groups excluding tert-OH is 1. The molecule has 1 aromatic heterocycles. The van der Waals surface area contributed by atoms with Crippen LogP contribution in [0.2, 0.25) is 0 Å². The van der Waals surface area contributed by atoms with Gasteiger partial charge in [-0.2, -0.15) is 0 Å². The van der Waals surface area contributed by atoms with Crippen LogP contribution in [0.15, 0.2) is 16.9 Å². The van der Waals surface area contributed by atoms with E-state index in [-0.39, 0.29) is 24.2 Å². The van der Waals surface area contributed by atoms with Crippen LogP contribution in [-0.2, 0) is 0 Å². The molecule has 5 nitrogen and oxygen atoms in total. The number of aliphatic hydroxyl groups is 1. The molecule has 1 unspecified atom stereocenters. The van der Waals surface area contributed by atoms with Gasteiger partial charge in [-0.1, -0.05) is 12.1 Å². The van der Waals surface area contributed by atoms with E-state index >= 15 is 0 Å². The number of hydrogen-bond acceptors (Lipinski definition) is 4. The van der Waals surface area contributed by atoms with Crippen LogP contribution in [0.3, 0.4) is 0 Å². The van der Waals surface area contributed by atoms with Crippen LogP contribution in [0.5, 0.6) is 0 Å². The van der Waals surface area contributed by atoms with Crippen LogP contribution >= 0.6 is 0 Å². The molecule has 0 saturated heterocycles. The van der Waals surface area contributed by atoms with E-state index in [4.69, 9.17) is 5.11 Å². The number of hydrogen-bond donors (Lipinski definition) is 2. The van der Waals surface area contributed by atoms with Gasteiger partial charge in [0, 0.05) is 18.7 Å². The molecule has 0 saturated carbocycles. The number of carbonyl (C=O) groups is 1. The zero-order valence-electron chi connectivity index (χ0n) is 8.06. The fourth-order valence-corrected chi connectivity index (χ4v) is 1.12. The summed E-state index contributed by atoms with van der Waals surface area (Å²) in [5.74, 6) is -0.265. The molecule has 14 heavy (non-hydrogen) atoms. The lowest BCUT2D eigenvalue weighted by molar-refractivity contribution is 0.0920. The van der Waals surface area contributed by atoms with Crippen molar-refractivity contribution in [3.05, 3.63) is 18.0 Å². The van der Waals surface area contributed by atoms with Crippen molar-refractivity contribution in [2.45, 2.75) is 25.8 Å². The zero-order chi connectivity index (χ0) is 10.4. The molecule has 0 spiro atoms. The number of carbonyl (C=O) groups excluding carboxylic acids is 1. The Balaban J connectivity index is 2.47. The molecule has 78 valence electrons. The maximum atomic E-state index is 11.4. The lowest BCUT2D eigenvalue weighted by Crippen LogP contribution is -2.35. The highest BCUT2D eigenvalue weighted by Gasteiger charge is 2.13. The van der Waals surface area contributed by atoms with Crippen molar-refractivity contribution in [3.63, 3.8) is 0 Å². The minimum atomic E-state index is -0.265. The second kappa shape index (κ2) is 5.39. The summed E-state index contributed by atoms with van der Waals surface area (Å²) in [4.78, 5) is 11.4. The molecule has 0 bridgehead atoms. The first-order valence-electron chi connectivity index (χ1n) is 4.60. The summed E-state index contributed by atoms with van der Waals surface area (Å²) in [5, 5.41) is 15.0. The Kier molecular flexibility index (Phi) is 4.12. The molecule has 5 heteroatoms. The van der Waals surface area contributed by atoms with Gasteiger partial charge in [0.2, 0.25) is 0 Å². The van der Waals surface area contributed by atoms with Gasteiger partial charge in [-0.15, -0.1) is 0 Å². The van der Waals surface area contributed by atoms with Crippen molar-refractivity contribution in [1.29, 1.82) is 0 Å². The summed E-state index contributed by atoms with van der Waals surface area (Å²) in [6.07, 6.45) is 2.69. The molecular formula is C9H14N2O3. The maximum absolute atomic E-state index is 11.4. The monoisotopic (exact) mass is 198 g/mol. The molecule has 2 N–H and O–H groups in total. The van der Waals surface area contributed by atoms with Gasteiger partial charge < -0.3 is 14.9 Å². The summed E-state index contributed by atoms with van der Waals surface area (Å²) < 4.78 is 4.55. The van der Waals surface area contributed by atoms with Crippen LogP contribution in [0.4, 0.5) is 0 Å². The van der Waals surface area contributed by atoms with Crippen LogP contribution in [0.25, 0.3) is 0 Å². The lowest BCUT2D eigenvalue weighted by Gasteiger charge is -2.14. The minimum absolute atomic E-state index is 0.0100. The summed E-state index contributed by atoms with van der Waals surface area (Å²) in [6.45, 7) is 2.01. The molecule has 0 fully saturated rings. The van der Waals surface area contributed by atoms with E-state index < -0.39 is 0 Å². The summed E-state index contributed by atoms with van der Waals surface area (Å²) in [6, 6.07) is 1.49. The lowest BCUT2D eigenvalue weighted by atomic mass is 10.1. The molecule has 0 aliphatic carbocycles. The fourth-order valence-electron chi connectivity index (χ4n) is 1.12. The normalized spacial score (nSPS) is 12.4. The Morgan fingerprint density at radius 3 is 3.07 bits per heavy atom. The van der Waals surface area contributed by atoms with Crippen LogP contribution < -0.4 is 5.32 Å². The van der Waals surface area contributed by atoms with E-state index in [9.17, 15) is 4.79 Å². The molecule has 1 amide bonds. The van der Waals surface area contributed by atoms with E-state index in [0.717, 1.165) is 6.42 Å². The van der Waals surface area contributed by atoms with Crippen molar-refractivity contribution in [1.82, 2.24) is 10.5 Å². The quantitative estimate of drug-likeness (QED) is 0.725. The molecule has 0 aliphatic rings.